The van der Waals surface area contributed by atoms with Crippen LogP contribution in [-0.4, -0.2) is 12.5 Å². The molecule has 0 fully saturated rings. The summed E-state index contributed by atoms with van der Waals surface area (Å²) in [6.45, 7) is 1.74. The maximum atomic E-state index is 13.6. The van der Waals surface area contributed by atoms with E-state index in [-0.39, 0.29) is 18.1 Å². The molecule has 3 nitrogen and oxygen atoms in total. The van der Waals surface area contributed by atoms with Gasteiger partial charge in [-0.1, -0.05) is 30.3 Å². The normalized spacial score (nSPS) is 13.6. The molecule has 0 bridgehead atoms. The molecule has 108 valence electrons. The molecule has 0 spiro atoms. The van der Waals surface area contributed by atoms with E-state index in [2.05, 4.69) is 16.7 Å². The molecule has 2 aromatic rings. The summed E-state index contributed by atoms with van der Waals surface area (Å²) in [4.78, 5) is 12.1. The molecule has 2 aromatic carbocycles. The Morgan fingerprint density at radius 1 is 1.19 bits per heavy atom. The van der Waals surface area contributed by atoms with E-state index >= 15 is 0 Å². The van der Waals surface area contributed by atoms with Crippen molar-refractivity contribution < 1.29 is 9.18 Å². The monoisotopic (exact) mass is 284 g/mol. The van der Waals surface area contributed by atoms with Crippen LogP contribution in [0.3, 0.4) is 0 Å². The van der Waals surface area contributed by atoms with Crippen LogP contribution < -0.4 is 10.6 Å². The van der Waals surface area contributed by atoms with E-state index < -0.39 is 0 Å². The highest BCUT2D eigenvalue weighted by molar-refractivity contribution is 5.93. The third kappa shape index (κ3) is 3.11. The number of carbonyl (C=O) groups excluding carboxylic acids is 1. The topological polar surface area (TPSA) is 41.1 Å². The second-order valence-electron chi connectivity index (χ2n) is 5.19. The van der Waals surface area contributed by atoms with Crippen molar-refractivity contribution >= 4 is 11.6 Å². The third-order valence-electron chi connectivity index (χ3n) is 3.72. The number of anilines is 1. The highest BCUT2D eigenvalue weighted by Crippen LogP contribution is 2.23. The Labute approximate surface area is 123 Å². The van der Waals surface area contributed by atoms with Gasteiger partial charge in [-0.05, 0) is 41.8 Å². The molecule has 1 aliphatic heterocycles. The summed E-state index contributed by atoms with van der Waals surface area (Å²) in [5.41, 5.74) is 3.65. The largest absolute Gasteiger partial charge is 0.326 e. The second-order valence-corrected chi connectivity index (χ2v) is 5.19. The van der Waals surface area contributed by atoms with E-state index in [1.165, 1.54) is 17.2 Å². The standard InChI is InChI=1S/C17H17FN2O/c18-15-6-2-1-4-12(15)10-17(21)20-16-7-3-5-13-11-19-9-8-14(13)16/h1-7,19H,8-11H2,(H,20,21). The first-order valence-corrected chi connectivity index (χ1v) is 7.09. The Bertz CT molecular complexity index is 670. The molecule has 2 N–H and O–H groups in total. The van der Waals surface area contributed by atoms with Gasteiger partial charge in [0.25, 0.3) is 0 Å². The summed E-state index contributed by atoms with van der Waals surface area (Å²) >= 11 is 0. The number of amides is 1. The molecular weight excluding hydrogens is 267 g/mol. The molecule has 4 heteroatoms. The van der Waals surface area contributed by atoms with Gasteiger partial charge in [0.1, 0.15) is 5.82 Å². The van der Waals surface area contributed by atoms with Gasteiger partial charge in [0.2, 0.25) is 5.91 Å². The fourth-order valence-electron chi connectivity index (χ4n) is 2.66. The van der Waals surface area contributed by atoms with E-state index in [0.717, 1.165) is 25.2 Å². The van der Waals surface area contributed by atoms with Crippen molar-refractivity contribution in [1.29, 1.82) is 0 Å². The van der Waals surface area contributed by atoms with Gasteiger partial charge in [0, 0.05) is 12.2 Å². The zero-order valence-corrected chi connectivity index (χ0v) is 11.7. The lowest BCUT2D eigenvalue weighted by atomic mass is 9.99. The summed E-state index contributed by atoms with van der Waals surface area (Å²) in [6.07, 6.45) is 0.945. The number of halogens is 1. The highest BCUT2D eigenvalue weighted by Gasteiger charge is 2.14. The molecule has 1 aliphatic rings. The predicted octanol–water partition coefficient (Wildman–Crippen LogP) is 2.65. The molecule has 0 radical (unpaired) electrons. The summed E-state index contributed by atoms with van der Waals surface area (Å²) in [7, 11) is 0. The lowest BCUT2D eigenvalue weighted by molar-refractivity contribution is -0.115. The van der Waals surface area contributed by atoms with Crippen LogP contribution >= 0.6 is 0 Å². The van der Waals surface area contributed by atoms with Crippen LogP contribution in [0.5, 0.6) is 0 Å². The van der Waals surface area contributed by atoms with Crippen molar-refractivity contribution in [2.24, 2.45) is 0 Å². The lowest BCUT2D eigenvalue weighted by Crippen LogP contribution is -2.25. The quantitative estimate of drug-likeness (QED) is 0.910. The van der Waals surface area contributed by atoms with Crippen LogP contribution in [0, 0.1) is 5.82 Å². The van der Waals surface area contributed by atoms with Crippen LogP contribution in [0.15, 0.2) is 42.5 Å². The molecule has 0 saturated carbocycles. The summed E-state index contributed by atoms with van der Waals surface area (Å²) < 4.78 is 13.6. The molecule has 0 aliphatic carbocycles. The Kier molecular flexibility index (Phi) is 3.97. The number of rotatable bonds is 3. The van der Waals surface area contributed by atoms with Crippen LogP contribution in [0.25, 0.3) is 0 Å². The van der Waals surface area contributed by atoms with Crippen molar-refractivity contribution in [3.63, 3.8) is 0 Å². The van der Waals surface area contributed by atoms with Crippen molar-refractivity contribution in [2.75, 3.05) is 11.9 Å². The first kappa shape index (κ1) is 13.8. The van der Waals surface area contributed by atoms with E-state index in [1.807, 2.05) is 12.1 Å². The van der Waals surface area contributed by atoms with Crippen LogP contribution in [-0.2, 0) is 24.2 Å². The minimum absolute atomic E-state index is 0.0502. The molecule has 3 rings (SSSR count). The van der Waals surface area contributed by atoms with E-state index in [9.17, 15) is 9.18 Å². The van der Waals surface area contributed by atoms with E-state index in [4.69, 9.17) is 0 Å². The van der Waals surface area contributed by atoms with E-state index in [0.29, 0.717) is 5.56 Å². The van der Waals surface area contributed by atoms with Crippen LogP contribution in [0.1, 0.15) is 16.7 Å². The minimum atomic E-state index is -0.341. The first-order valence-electron chi connectivity index (χ1n) is 7.09. The lowest BCUT2D eigenvalue weighted by Gasteiger charge is -2.20. The zero-order chi connectivity index (χ0) is 14.7. The van der Waals surface area contributed by atoms with Gasteiger partial charge in [-0.3, -0.25) is 4.79 Å². The summed E-state index contributed by atoms with van der Waals surface area (Å²) in [5, 5.41) is 6.22. The molecular formula is C17H17FN2O. The predicted molar refractivity (Wildman–Crippen MR) is 80.6 cm³/mol. The molecule has 1 amide bonds. The number of benzene rings is 2. The average molecular weight is 284 g/mol. The molecule has 0 unspecified atom stereocenters. The van der Waals surface area contributed by atoms with Crippen molar-refractivity contribution in [2.45, 2.75) is 19.4 Å². The summed E-state index contributed by atoms with van der Waals surface area (Å²) in [5.74, 6) is -0.529. The Hall–Kier alpha value is -2.20. The molecule has 21 heavy (non-hydrogen) atoms. The first-order chi connectivity index (χ1) is 10.2. The van der Waals surface area contributed by atoms with Gasteiger partial charge in [0.05, 0.1) is 6.42 Å². The van der Waals surface area contributed by atoms with Crippen LogP contribution in [0.4, 0.5) is 10.1 Å². The van der Waals surface area contributed by atoms with Gasteiger partial charge in [-0.25, -0.2) is 4.39 Å². The maximum Gasteiger partial charge on any atom is 0.228 e. The smallest absolute Gasteiger partial charge is 0.228 e. The van der Waals surface area contributed by atoms with Crippen molar-refractivity contribution in [3.05, 3.63) is 65.0 Å². The van der Waals surface area contributed by atoms with Gasteiger partial charge in [0.15, 0.2) is 0 Å². The number of carbonyl (C=O) groups is 1. The third-order valence-corrected chi connectivity index (χ3v) is 3.72. The molecule has 0 atom stereocenters. The SMILES string of the molecule is O=C(Cc1ccccc1F)Nc1cccc2c1CCNC2. The van der Waals surface area contributed by atoms with Gasteiger partial charge in [-0.2, -0.15) is 0 Å². The number of hydrogen-bond donors (Lipinski definition) is 2. The van der Waals surface area contributed by atoms with Gasteiger partial charge in [-0.15, -0.1) is 0 Å². The fraction of sp³-hybridized carbons (Fsp3) is 0.235. The summed E-state index contributed by atoms with van der Waals surface area (Å²) in [6, 6.07) is 12.3. The van der Waals surface area contributed by atoms with Crippen molar-refractivity contribution in [3.8, 4) is 0 Å². The Morgan fingerprint density at radius 2 is 2.05 bits per heavy atom. The number of hydrogen-bond acceptors (Lipinski definition) is 2. The molecule has 1 heterocycles. The second kappa shape index (κ2) is 6.06. The fourth-order valence-corrected chi connectivity index (χ4v) is 2.66. The van der Waals surface area contributed by atoms with Crippen LogP contribution in [0.2, 0.25) is 0 Å². The molecule has 0 saturated heterocycles. The highest BCUT2D eigenvalue weighted by atomic mass is 19.1. The Balaban J connectivity index is 1.75. The zero-order valence-electron chi connectivity index (χ0n) is 11.7. The minimum Gasteiger partial charge on any atom is -0.326 e. The maximum absolute atomic E-state index is 13.6. The van der Waals surface area contributed by atoms with Gasteiger partial charge < -0.3 is 10.6 Å². The Morgan fingerprint density at radius 3 is 2.90 bits per heavy atom. The van der Waals surface area contributed by atoms with Gasteiger partial charge >= 0.3 is 0 Å². The average Bonchev–Trinajstić information content (AvgIpc) is 2.50. The number of fused-ring (bicyclic) bond motifs is 1. The van der Waals surface area contributed by atoms with Crippen molar-refractivity contribution in [1.82, 2.24) is 5.32 Å². The number of nitrogens with one attached hydrogen (secondary N) is 2. The van der Waals surface area contributed by atoms with E-state index in [1.54, 1.807) is 18.2 Å². The molecule has 0 aromatic heterocycles.